The van der Waals surface area contributed by atoms with E-state index in [1.54, 1.807) is 24.5 Å². The average molecular weight is 419 g/mol. The fourth-order valence-corrected chi connectivity index (χ4v) is 3.31. The summed E-state index contributed by atoms with van der Waals surface area (Å²) in [5.41, 5.74) is 3.26. The number of ether oxygens (including phenoxy) is 1. The second-order valence-corrected chi connectivity index (χ2v) is 7.39. The van der Waals surface area contributed by atoms with Crippen molar-refractivity contribution in [3.05, 3.63) is 88.0 Å². The summed E-state index contributed by atoms with van der Waals surface area (Å²) in [5, 5.41) is 11.3. The van der Waals surface area contributed by atoms with Gasteiger partial charge in [0.15, 0.2) is 0 Å². The Morgan fingerprint density at radius 2 is 1.83 bits per heavy atom. The molecule has 0 aliphatic rings. The lowest BCUT2D eigenvalue weighted by Crippen LogP contribution is -2.17. The number of amides is 1. The number of nitrogens with zero attached hydrogens (tertiary/aromatic N) is 3. The van der Waals surface area contributed by atoms with Crippen molar-refractivity contribution in [2.24, 2.45) is 0 Å². The molecule has 9 heteroatoms. The molecular weight excluding hydrogens is 402 g/mol. The summed E-state index contributed by atoms with van der Waals surface area (Å²) in [6, 6.07) is 14.2. The number of aromatic nitrogens is 4. The Hall–Kier alpha value is -3.85. The zero-order valence-corrected chi connectivity index (χ0v) is 16.8. The molecule has 1 aromatic carbocycles. The third-order valence-electron chi connectivity index (χ3n) is 4.24. The van der Waals surface area contributed by atoms with Gasteiger partial charge in [-0.1, -0.05) is 34.9 Å². The molecule has 0 bridgehead atoms. The van der Waals surface area contributed by atoms with Crippen LogP contribution in [-0.4, -0.2) is 26.1 Å². The van der Waals surface area contributed by atoms with Crippen molar-refractivity contribution in [1.29, 1.82) is 0 Å². The van der Waals surface area contributed by atoms with Crippen molar-refractivity contribution in [3.63, 3.8) is 0 Å². The Kier molecular flexibility index (Phi) is 5.62. The third kappa shape index (κ3) is 4.58. The minimum Gasteiger partial charge on any atom is -0.464 e. The van der Waals surface area contributed by atoms with Gasteiger partial charge in [-0.2, -0.15) is 0 Å². The number of aromatic amines is 1. The predicted molar refractivity (Wildman–Crippen MR) is 114 cm³/mol. The van der Waals surface area contributed by atoms with Gasteiger partial charge in [0.05, 0.1) is 11.3 Å². The number of pyridine rings is 2. The number of carbonyl (C=O) groups excluding carboxylic acids is 1. The monoisotopic (exact) mass is 419 g/mol. The summed E-state index contributed by atoms with van der Waals surface area (Å²) in [6.45, 7) is 2.38. The number of H-pyrrole nitrogens is 1. The summed E-state index contributed by atoms with van der Waals surface area (Å²) < 4.78 is 5.65. The summed E-state index contributed by atoms with van der Waals surface area (Å²) >= 11 is 1.12. The van der Waals surface area contributed by atoms with Crippen molar-refractivity contribution in [2.45, 2.75) is 13.5 Å². The number of benzene rings is 1. The van der Waals surface area contributed by atoms with Gasteiger partial charge in [0.2, 0.25) is 10.7 Å². The summed E-state index contributed by atoms with van der Waals surface area (Å²) in [5.74, 6) is -0.417. The quantitative estimate of drug-likeness (QED) is 0.495. The topological polar surface area (TPSA) is 110 Å². The molecule has 30 heavy (non-hydrogen) atoms. The van der Waals surface area contributed by atoms with E-state index in [1.807, 2.05) is 31.2 Å². The zero-order chi connectivity index (χ0) is 20.9. The Morgan fingerprint density at radius 1 is 1.07 bits per heavy atom. The molecule has 0 atom stereocenters. The molecule has 1 amide bonds. The molecule has 0 unspecified atom stereocenters. The molecule has 8 nitrogen and oxygen atoms in total. The Labute approximate surface area is 175 Å². The van der Waals surface area contributed by atoms with Gasteiger partial charge in [0.1, 0.15) is 6.61 Å². The van der Waals surface area contributed by atoms with Crippen LogP contribution in [0, 0.1) is 6.92 Å². The molecule has 0 aliphatic carbocycles. The maximum atomic E-state index is 12.8. The first-order valence-electron chi connectivity index (χ1n) is 9.05. The number of carbonyl (C=O) groups is 1. The molecule has 0 saturated carbocycles. The van der Waals surface area contributed by atoms with E-state index in [4.69, 9.17) is 4.74 Å². The first kappa shape index (κ1) is 19.5. The highest BCUT2D eigenvalue weighted by molar-refractivity contribution is 7.17. The second-order valence-electron chi connectivity index (χ2n) is 6.45. The fraction of sp³-hybridized carbons (Fsp3) is 0.0952. The molecule has 2 N–H and O–H groups in total. The van der Waals surface area contributed by atoms with E-state index in [0.29, 0.717) is 33.8 Å². The van der Waals surface area contributed by atoms with Crippen LogP contribution in [-0.2, 0) is 6.61 Å². The minimum absolute atomic E-state index is 0.297. The van der Waals surface area contributed by atoms with Crippen LogP contribution < -0.4 is 15.6 Å². The van der Waals surface area contributed by atoms with Gasteiger partial charge in [-0.15, -0.1) is 5.10 Å². The number of anilines is 1. The lowest BCUT2D eigenvalue weighted by atomic mass is 10.1. The summed E-state index contributed by atoms with van der Waals surface area (Å²) in [4.78, 5) is 31.2. The van der Waals surface area contributed by atoms with Crippen molar-refractivity contribution in [3.8, 4) is 16.5 Å². The van der Waals surface area contributed by atoms with Crippen molar-refractivity contribution in [2.75, 3.05) is 5.32 Å². The normalized spacial score (nSPS) is 10.6. The molecular formula is C21H17N5O3S. The first-order chi connectivity index (χ1) is 14.6. The molecule has 0 fully saturated rings. The largest absolute Gasteiger partial charge is 0.464 e. The van der Waals surface area contributed by atoms with Crippen LogP contribution in [0.5, 0.6) is 5.19 Å². The summed E-state index contributed by atoms with van der Waals surface area (Å²) in [7, 11) is 0. The van der Waals surface area contributed by atoms with Crippen LogP contribution in [0.15, 0.2) is 65.7 Å². The number of rotatable bonds is 6. The molecule has 3 aromatic heterocycles. The lowest BCUT2D eigenvalue weighted by Gasteiger charge is -2.08. The number of nitrogens with one attached hydrogen (secondary N) is 2. The summed E-state index contributed by atoms with van der Waals surface area (Å²) in [6.07, 6.45) is 3.18. The third-order valence-corrected chi connectivity index (χ3v) is 4.99. The van der Waals surface area contributed by atoms with Gasteiger partial charge in [0, 0.05) is 24.0 Å². The smallest absolute Gasteiger partial charge is 0.296 e. The van der Waals surface area contributed by atoms with Crippen molar-refractivity contribution >= 4 is 22.4 Å². The molecule has 0 radical (unpaired) electrons. The first-order valence-corrected chi connectivity index (χ1v) is 9.87. The van der Waals surface area contributed by atoms with Gasteiger partial charge in [-0.25, -0.2) is 0 Å². The van der Waals surface area contributed by atoms with Crippen LogP contribution in [0.2, 0.25) is 0 Å². The second kappa shape index (κ2) is 8.66. The van der Waals surface area contributed by atoms with E-state index in [2.05, 4.69) is 25.5 Å². The fourth-order valence-electron chi connectivity index (χ4n) is 2.72. The lowest BCUT2D eigenvalue weighted by molar-refractivity contribution is 0.102. The SMILES string of the molecule is Cc1ccc(COc2nnc(NC(=O)c3ccc(=O)[nH]c3-c3ccncc3)s2)cc1. The van der Waals surface area contributed by atoms with E-state index in [9.17, 15) is 9.59 Å². The van der Waals surface area contributed by atoms with Crippen LogP contribution in [0.1, 0.15) is 21.5 Å². The van der Waals surface area contributed by atoms with Crippen LogP contribution in [0.25, 0.3) is 11.3 Å². The molecule has 4 rings (SSSR count). The number of hydrogen-bond donors (Lipinski definition) is 2. The maximum Gasteiger partial charge on any atom is 0.296 e. The average Bonchev–Trinajstić information content (AvgIpc) is 3.21. The van der Waals surface area contributed by atoms with Gasteiger partial charge in [-0.05, 0) is 42.0 Å². The van der Waals surface area contributed by atoms with Crippen molar-refractivity contribution in [1.82, 2.24) is 20.2 Å². The molecule has 4 aromatic rings. The Balaban J connectivity index is 1.47. The molecule has 3 heterocycles. The van der Waals surface area contributed by atoms with Gasteiger partial charge >= 0.3 is 0 Å². The van der Waals surface area contributed by atoms with E-state index < -0.39 is 5.91 Å². The molecule has 150 valence electrons. The minimum atomic E-state index is -0.417. The van der Waals surface area contributed by atoms with Gasteiger partial charge in [0.25, 0.3) is 11.1 Å². The molecule has 0 aliphatic heterocycles. The van der Waals surface area contributed by atoms with Crippen molar-refractivity contribution < 1.29 is 9.53 Å². The molecule has 0 saturated heterocycles. The van der Waals surface area contributed by atoms with Crippen LogP contribution in [0.3, 0.4) is 0 Å². The van der Waals surface area contributed by atoms with Gasteiger partial charge < -0.3 is 9.72 Å². The van der Waals surface area contributed by atoms with E-state index in [-0.39, 0.29) is 5.56 Å². The van der Waals surface area contributed by atoms with Crippen LogP contribution in [0.4, 0.5) is 5.13 Å². The van der Waals surface area contributed by atoms with Gasteiger partial charge in [-0.3, -0.25) is 19.9 Å². The Bertz CT molecular complexity index is 1220. The molecule has 0 spiro atoms. The van der Waals surface area contributed by atoms with Crippen LogP contribution >= 0.6 is 11.3 Å². The predicted octanol–water partition coefficient (Wildman–Crippen LogP) is 3.43. The highest BCUT2D eigenvalue weighted by Gasteiger charge is 2.16. The highest BCUT2D eigenvalue weighted by atomic mass is 32.1. The number of hydrogen-bond acceptors (Lipinski definition) is 7. The maximum absolute atomic E-state index is 12.8. The number of aryl methyl sites for hydroxylation is 1. The van der Waals surface area contributed by atoms with E-state index in [1.165, 1.54) is 17.7 Å². The standard InChI is InChI=1S/C21H17N5O3S/c1-13-2-4-14(5-3-13)12-29-21-26-25-20(30-21)24-19(28)16-6-7-17(27)23-18(16)15-8-10-22-11-9-15/h2-11H,12H2,1H3,(H,23,27)(H,24,25,28). The highest BCUT2D eigenvalue weighted by Crippen LogP contribution is 2.25. The van der Waals surface area contributed by atoms with E-state index >= 15 is 0 Å². The zero-order valence-electron chi connectivity index (χ0n) is 16.0. The van der Waals surface area contributed by atoms with E-state index in [0.717, 1.165) is 16.9 Å². The Morgan fingerprint density at radius 3 is 2.60 bits per heavy atom.